The van der Waals surface area contributed by atoms with Crippen molar-refractivity contribution in [3.8, 4) is 0 Å². The zero-order chi connectivity index (χ0) is 25.1. The van der Waals surface area contributed by atoms with Crippen LogP contribution in [0.1, 0.15) is 87.8 Å². The standard InChI is InChI=1S/C28H38ClNO4S/c1-34-28(31)13-7-11-23-14-16-24(17-15-23)27(12-6-5-10-22-8-3-2-4-9-22)30-35(32,33)26-20-18-25(29)19-21-26/h14-22,27,30H,2-13H2,1H3. The van der Waals surface area contributed by atoms with Crippen molar-refractivity contribution in [2.45, 2.75) is 88.0 Å². The molecule has 3 rings (SSSR count). The Hall–Kier alpha value is -1.89. The number of halogens is 1. The van der Waals surface area contributed by atoms with Gasteiger partial charge in [-0.2, -0.15) is 0 Å². The SMILES string of the molecule is COC(=O)CCCc1ccc(C(CCCCC2CCCCC2)NS(=O)(=O)c2ccc(Cl)cc2)cc1. The van der Waals surface area contributed by atoms with E-state index in [0.29, 0.717) is 11.4 Å². The van der Waals surface area contributed by atoms with E-state index in [9.17, 15) is 13.2 Å². The molecule has 0 radical (unpaired) electrons. The maximum atomic E-state index is 13.1. The molecule has 0 spiro atoms. The van der Waals surface area contributed by atoms with Gasteiger partial charge in [-0.25, -0.2) is 13.1 Å². The molecular formula is C28H38ClNO4S. The molecule has 192 valence electrons. The fourth-order valence-electron chi connectivity index (χ4n) is 4.88. The van der Waals surface area contributed by atoms with Gasteiger partial charge in [-0.05, 0) is 60.6 Å². The van der Waals surface area contributed by atoms with Crippen molar-refractivity contribution in [3.63, 3.8) is 0 Å². The van der Waals surface area contributed by atoms with Crippen LogP contribution in [0.2, 0.25) is 5.02 Å². The van der Waals surface area contributed by atoms with Crippen molar-refractivity contribution >= 4 is 27.6 Å². The average Bonchev–Trinajstić information content (AvgIpc) is 2.87. The van der Waals surface area contributed by atoms with Gasteiger partial charge in [0.2, 0.25) is 10.0 Å². The van der Waals surface area contributed by atoms with Crippen LogP contribution in [0.15, 0.2) is 53.4 Å². The smallest absolute Gasteiger partial charge is 0.305 e. The monoisotopic (exact) mass is 519 g/mol. The van der Waals surface area contributed by atoms with Crippen molar-refractivity contribution in [2.24, 2.45) is 5.92 Å². The molecule has 1 fully saturated rings. The van der Waals surface area contributed by atoms with E-state index in [0.717, 1.165) is 49.1 Å². The maximum absolute atomic E-state index is 13.1. The molecule has 1 aliphatic carbocycles. The zero-order valence-corrected chi connectivity index (χ0v) is 22.3. The van der Waals surface area contributed by atoms with Gasteiger partial charge in [0, 0.05) is 17.5 Å². The summed E-state index contributed by atoms with van der Waals surface area (Å²) in [5.41, 5.74) is 2.08. The Kier molecular flexibility index (Phi) is 11.1. The molecule has 35 heavy (non-hydrogen) atoms. The Morgan fingerprint density at radius 1 is 1.00 bits per heavy atom. The highest BCUT2D eigenvalue weighted by Crippen LogP contribution is 2.30. The van der Waals surface area contributed by atoms with Crippen molar-refractivity contribution in [2.75, 3.05) is 7.11 Å². The molecule has 0 aliphatic heterocycles. The van der Waals surface area contributed by atoms with Crippen LogP contribution in [0.4, 0.5) is 0 Å². The topological polar surface area (TPSA) is 72.5 Å². The Bertz CT molecular complexity index is 1020. The molecule has 1 unspecified atom stereocenters. The molecule has 0 aromatic heterocycles. The molecule has 2 aromatic carbocycles. The summed E-state index contributed by atoms with van der Waals surface area (Å²) >= 11 is 5.95. The Balaban J connectivity index is 1.65. The molecule has 0 heterocycles. The molecule has 0 amide bonds. The second-order valence-corrected chi connectivity index (χ2v) is 11.7. The lowest BCUT2D eigenvalue weighted by Crippen LogP contribution is -2.28. The Labute approximate surface area is 215 Å². The fourth-order valence-corrected chi connectivity index (χ4v) is 6.26. The third-order valence-corrected chi connectivity index (χ3v) is 8.70. The number of hydrogen-bond acceptors (Lipinski definition) is 4. The van der Waals surface area contributed by atoms with Crippen LogP contribution in [-0.4, -0.2) is 21.5 Å². The molecule has 1 aliphatic rings. The number of ether oxygens (including phenoxy) is 1. The first-order valence-electron chi connectivity index (χ1n) is 12.8. The van der Waals surface area contributed by atoms with Gasteiger partial charge < -0.3 is 4.74 Å². The molecular weight excluding hydrogens is 482 g/mol. The molecule has 2 aromatic rings. The highest BCUT2D eigenvalue weighted by atomic mass is 35.5. The first kappa shape index (κ1) is 27.7. The number of sulfonamides is 1. The summed E-state index contributed by atoms with van der Waals surface area (Å²) in [4.78, 5) is 11.6. The summed E-state index contributed by atoms with van der Waals surface area (Å²) in [5, 5.41) is 0.506. The second-order valence-electron chi connectivity index (χ2n) is 9.59. The third-order valence-electron chi connectivity index (χ3n) is 6.96. The van der Waals surface area contributed by atoms with Crippen molar-refractivity contribution in [1.82, 2.24) is 4.72 Å². The summed E-state index contributed by atoms with van der Waals surface area (Å²) in [6.45, 7) is 0. The molecule has 1 atom stereocenters. The van der Waals surface area contributed by atoms with E-state index >= 15 is 0 Å². The van der Waals surface area contributed by atoms with E-state index in [1.807, 2.05) is 24.3 Å². The van der Waals surface area contributed by atoms with Gasteiger partial charge in [0.05, 0.1) is 12.0 Å². The minimum absolute atomic E-state index is 0.202. The lowest BCUT2D eigenvalue weighted by atomic mass is 9.85. The fraction of sp³-hybridized carbons (Fsp3) is 0.536. The van der Waals surface area contributed by atoms with E-state index in [1.54, 1.807) is 12.1 Å². The molecule has 1 N–H and O–H groups in total. The van der Waals surface area contributed by atoms with Gasteiger partial charge in [-0.3, -0.25) is 4.79 Å². The van der Waals surface area contributed by atoms with E-state index in [-0.39, 0.29) is 16.9 Å². The molecule has 1 saturated carbocycles. The van der Waals surface area contributed by atoms with Crippen LogP contribution in [0, 0.1) is 5.92 Å². The maximum Gasteiger partial charge on any atom is 0.305 e. The molecule has 7 heteroatoms. The van der Waals surface area contributed by atoms with E-state index in [2.05, 4.69) is 4.72 Å². The van der Waals surface area contributed by atoms with Gasteiger partial charge in [0.25, 0.3) is 0 Å². The van der Waals surface area contributed by atoms with Crippen LogP contribution in [0.3, 0.4) is 0 Å². The minimum Gasteiger partial charge on any atom is -0.469 e. The van der Waals surface area contributed by atoms with Gasteiger partial charge in [0.15, 0.2) is 0 Å². The van der Waals surface area contributed by atoms with Crippen molar-refractivity contribution in [3.05, 3.63) is 64.7 Å². The summed E-state index contributed by atoms with van der Waals surface area (Å²) in [7, 11) is -2.28. The number of methoxy groups -OCH3 is 1. The first-order chi connectivity index (χ1) is 16.9. The van der Waals surface area contributed by atoms with Gasteiger partial charge in [0.1, 0.15) is 0 Å². The summed E-state index contributed by atoms with van der Waals surface area (Å²) in [5.74, 6) is 0.628. The number of rotatable bonds is 13. The average molecular weight is 520 g/mol. The minimum atomic E-state index is -3.68. The van der Waals surface area contributed by atoms with Gasteiger partial charge in [-0.1, -0.05) is 87.2 Å². The van der Waals surface area contributed by atoms with Crippen LogP contribution >= 0.6 is 11.6 Å². The van der Waals surface area contributed by atoms with Crippen LogP contribution in [-0.2, 0) is 26.0 Å². The molecule has 0 bridgehead atoms. The van der Waals surface area contributed by atoms with Crippen molar-refractivity contribution in [1.29, 1.82) is 0 Å². The number of esters is 1. The number of hydrogen-bond donors (Lipinski definition) is 1. The highest BCUT2D eigenvalue weighted by molar-refractivity contribution is 7.89. The van der Waals surface area contributed by atoms with E-state index < -0.39 is 10.0 Å². The predicted molar refractivity (Wildman–Crippen MR) is 141 cm³/mol. The largest absolute Gasteiger partial charge is 0.469 e. The number of carbonyl (C=O) groups is 1. The van der Waals surface area contributed by atoms with Crippen LogP contribution in [0.5, 0.6) is 0 Å². The zero-order valence-electron chi connectivity index (χ0n) is 20.7. The number of nitrogens with one attached hydrogen (secondary N) is 1. The quantitative estimate of drug-likeness (QED) is 0.228. The number of aryl methyl sites for hydroxylation is 1. The Morgan fingerprint density at radius 3 is 2.34 bits per heavy atom. The van der Waals surface area contributed by atoms with Crippen molar-refractivity contribution < 1.29 is 17.9 Å². The predicted octanol–water partition coefficient (Wildman–Crippen LogP) is 7.00. The van der Waals surface area contributed by atoms with Crippen LogP contribution < -0.4 is 4.72 Å². The van der Waals surface area contributed by atoms with E-state index in [1.165, 1.54) is 57.8 Å². The summed E-state index contributed by atoms with van der Waals surface area (Å²) in [6.07, 6.45) is 12.7. The Morgan fingerprint density at radius 2 is 1.69 bits per heavy atom. The summed E-state index contributed by atoms with van der Waals surface area (Å²) in [6, 6.07) is 14.0. The van der Waals surface area contributed by atoms with E-state index in [4.69, 9.17) is 16.3 Å². The summed E-state index contributed by atoms with van der Waals surface area (Å²) < 4.78 is 33.9. The highest BCUT2D eigenvalue weighted by Gasteiger charge is 2.22. The van der Waals surface area contributed by atoms with Crippen LogP contribution in [0.25, 0.3) is 0 Å². The first-order valence-corrected chi connectivity index (χ1v) is 14.7. The number of benzene rings is 2. The third kappa shape index (κ3) is 9.25. The number of unbranched alkanes of at least 4 members (excludes halogenated alkanes) is 1. The van der Waals surface area contributed by atoms with Gasteiger partial charge in [-0.15, -0.1) is 0 Å². The lowest BCUT2D eigenvalue weighted by Gasteiger charge is -2.23. The van der Waals surface area contributed by atoms with Gasteiger partial charge >= 0.3 is 5.97 Å². The lowest BCUT2D eigenvalue weighted by molar-refractivity contribution is -0.140. The normalized spacial score (nSPS) is 15.6. The second kappa shape index (κ2) is 14.0. The molecule has 0 saturated heterocycles. The number of carbonyl (C=O) groups excluding carboxylic acids is 1. The molecule has 5 nitrogen and oxygen atoms in total.